The molecule has 0 bridgehead atoms. The molecule has 1 unspecified atom stereocenters. The van der Waals surface area contributed by atoms with Crippen LogP contribution < -0.4 is 5.32 Å². The Labute approximate surface area is 130 Å². The predicted octanol–water partition coefficient (Wildman–Crippen LogP) is 2.51. The van der Waals surface area contributed by atoms with Gasteiger partial charge in [-0.3, -0.25) is 4.79 Å². The number of carbonyl (C=O) groups is 1. The number of benzene rings is 1. The Kier molecular flexibility index (Phi) is 4.65. The zero-order valence-electron chi connectivity index (χ0n) is 12.8. The van der Waals surface area contributed by atoms with Gasteiger partial charge in [0.25, 0.3) is 5.91 Å². The number of rotatable bonds is 5. The minimum absolute atomic E-state index is 0.121. The summed E-state index contributed by atoms with van der Waals surface area (Å²) >= 11 is 0. The molecule has 2 aromatic rings. The molecule has 1 aromatic heterocycles. The van der Waals surface area contributed by atoms with E-state index < -0.39 is 9.84 Å². The van der Waals surface area contributed by atoms with Gasteiger partial charge in [0, 0.05) is 17.9 Å². The third-order valence-corrected chi connectivity index (χ3v) is 4.55. The van der Waals surface area contributed by atoms with Gasteiger partial charge >= 0.3 is 0 Å². The third kappa shape index (κ3) is 3.54. The van der Waals surface area contributed by atoms with Gasteiger partial charge in [-0.2, -0.15) is 5.10 Å². The zero-order valence-corrected chi connectivity index (χ0v) is 13.6. The van der Waals surface area contributed by atoms with Crippen LogP contribution in [0.1, 0.15) is 36.7 Å². The smallest absolute Gasteiger partial charge is 0.256 e. The Morgan fingerprint density at radius 3 is 2.73 bits per heavy atom. The molecule has 0 radical (unpaired) electrons. The summed E-state index contributed by atoms with van der Waals surface area (Å²) < 4.78 is 24.9. The summed E-state index contributed by atoms with van der Waals surface area (Å²) in [5.41, 5.74) is 0.292. The Bertz CT molecular complexity index is 781. The van der Waals surface area contributed by atoms with Gasteiger partial charge in [0.15, 0.2) is 9.84 Å². The molecular formula is C15H19N3O3S. The van der Waals surface area contributed by atoms with Crippen LogP contribution >= 0.6 is 0 Å². The standard InChI is InChI=1S/C15H19N3O3S/c1-4-11(2)18-14(8-9-16-18)17-15(19)12-6-5-7-13(10-12)22(3,20)21/h5-11H,4H2,1-3H3,(H,17,19). The van der Waals surface area contributed by atoms with Crippen LogP contribution in [-0.4, -0.2) is 30.4 Å². The first-order valence-electron chi connectivity index (χ1n) is 6.98. The second-order valence-electron chi connectivity index (χ2n) is 5.17. The Morgan fingerprint density at radius 2 is 2.09 bits per heavy atom. The van der Waals surface area contributed by atoms with E-state index >= 15 is 0 Å². The molecule has 0 fully saturated rings. The summed E-state index contributed by atoms with van der Waals surface area (Å²) in [6, 6.07) is 7.84. The van der Waals surface area contributed by atoms with Crippen molar-refractivity contribution in [3.05, 3.63) is 42.1 Å². The van der Waals surface area contributed by atoms with Crippen molar-refractivity contribution in [1.29, 1.82) is 0 Å². The molecule has 1 N–H and O–H groups in total. The highest BCUT2D eigenvalue weighted by atomic mass is 32.2. The largest absolute Gasteiger partial charge is 0.307 e. The van der Waals surface area contributed by atoms with E-state index in [0.29, 0.717) is 11.4 Å². The van der Waals surface area contributed by atoms with Gasteiger partial charge in [-0.05, 0) is 31.5 Å². The fraction of sp³-hybridized carbons (Fsp3) is 0.333. The molecule has 1 amide bonds. The quantitative estimate of drug-likeness (QED) is 0.917. The fourth-order valence-corrected chi connectivity index (χ4v) is 2.66. The first kappa shape index (κ1) is 16.2. The molecule has 1 atom stereocenters. The minimum Gasteiger partial charge on any atom is -0.307 e. The zero-order chi connectivity index (χ0) is 16.3. The van der Waals surface area contributed by atoms with Crippen LogP contribution in [0.4, 0.5) is 5.82 Å². The summed E-state index contributed by atoms with van der Waals surface area (Å²) in [5, 5.41) is 6.96. The van der Waals surface area contributed by atoms with E-state index in [9.17, 15) is 13.2 Å². The van der Waals surface area contributed by atoms with E-state index in [1.807, 2.05) is 13.8 Å². The number of anilines is 1. The van der Waals surface area contributed by atoms with Gasteiger partial charge in [-0.25, -0.2) is 13.1 Å². The Hall–Kier alpha value is -2.15. The summed E-state index contributed by atoms with van der Waals surface area (Å²) in [6.45, 7) is 4.04. The lowest BCUT2D eigenvalue weighted by atomic mass is 10.2. The highest BCUT2D eigenvalue weighted by molar-refractivity contribution is 7.90. The highest BCUT2D eigenvalue weighted by Crippen LogP contribution is 2.18. The maximum absolute atomic E-state index is 12.3. The van der Waals surface area contributed by atoms with Crippen molar-refractivity contribution in [1.82, 2.24) is 9.78 Å². The number of sulfone groups is 1. The lowest BCUT2D eigenvalue weighted by Gasteiger charge is -2.14. The molecule has 0 aliphatic carbocycles. The normalized spacial score (nSPS) is 12.9. The molecule has 118 valence electrons. The Balaban J connectivity index is 2.25. The SMILES string of the molecule is CCC(C)n1nccc1NC(=O)c1cccc(S(C)(=O)=O)c1. The molecule has 0 aliphatic heterocycles. The summed E-state index contributed by atoms with van der Waals surface area (Å²) in [4.78, 5) is 12.4. The number of carbonyl (C=O) groups excluding carboxylic acids is 1. The monoisotopic (exact) mass is 321 g/mol. The van der Waals surface area contributed by atoms with Crippen LogP contribution in [0.15, 0.2) is 41.4 Å². The van der Waals surface area contributed by atoms with Crippen LogP contribution in [0.2, 0.25) is 0 Å². The van der Waals surface area contributed by atoms with Crippen LogP contribution in [0.3, 0.4) is 0 Å². The van der Waals surface area contributed by atoms with E-state index in [2.05, 4.69) is 10.4 Å². The van der Waals surface area contributed by atoms with Gasteiger partial charge in [-0.15, -0.1) is 0 Å². The second kappa shape index (κ2) is 6.31. The van der Waals surface area contributed by atoms with E-state index in [4.69, 9.17) is 0 Å². The topological polar surface area (TPSA) is 81.1 Å². The molecule has 0 saturated heterocycles. The molecule has 2 rings (SSSR count). The fourth-order valence-electron chi connectivity index (χ4n) is 1.99. The second-order valence-corrected chi connectivity index (χ2v) is 7.19. The van der Waals surface area contributed by atoms with Crippen molar-refractivity contribution in [2.24, 2.45) is 0 Å². The van der Waals surface area contributed by atoms with Crippen LogP contribution in [0.5, 0.6) is 0 Å². The molecule has 6 nitrogen and oxygen atoms in total. The maximum atomic E-state index is 12.3. The van der Waals surface area contributed by atoms with Crippen LogP contribution in [0.25, 0.3) is 0 Å². The van der Waals surface area contributed by atoms with Gasteiger partial charge in [0.05, 0.1) is 17.1 Å². The number of aromatic nitrogens is 2. The van der Waals surface area contributed by atoms with E-state index in [1.54, 1.807) is 29.1 Å². The van der Waals surface area contributed by atoms with E-state index in [0.717, 1.165) is 12.7 Å². The van der Waals surface area contributed by atoms with Crippen molar-refractivity contribution < 1.29 is 13.2 Å². The molecular weight excluding hydrogens is 302 g/mol. The lowest BCUT2D eigenvalue weighted by Crippen LogP contribution is -2.17. The Morgan fingerprint density at radius 1 is 1.36 bits per heavy atom. The van der Waals surface area contributed by atoms with Crippen LogP contribution in [-0.2, 0) is 9.84 Å². The van der Waals surface area contributed by atoms with Crippen molar-refractivity contribution in [2.75, 3.05) is 11.6 Å². The molecule has 0 aliphatic rings. The highest BCUT2D eigenvalue weighted by Gasteiger charge is 2.14. The number of nitrogens with zero attached hydrogens (tertiary/aromatic N) is 2. The average Bonchev–Trinajstić information content (AvgIpc) is 2.93. The van der Waals surface area contributed by atoms with Gasteiger partial charge in [-0.1, -0.05) is 13.0 Å². The first-order chi connectivity index (χ1) is 10.3. The summed E-state index contributed by atoms with van der Waals surface area (Å²) in [6.07, 6.45) is 3.62. The lowest BCUT2D eigenvalue weighted by molar-refractivity contribution is 0.102. The number of nitrogens with one attached hydrogen (secondary N) is 1. The van der Waals surface area contributed by atoms with Crippen molar-refractivity contribution in [3.63, 3.8) is 0 Å². The average molecular weight is 321 g/mol. The first-order valence-corrected chi connectivity index (χ1v) is 8.87. The van der Waals surface area contributed by atoms with Gasteiger partial charge in [0.2, 0.25) is 0 Å². The summed E-state index contributed by atoms with van der Waals surface area (Å²) in [5.74, 6) is 0.222. The third-order valence-electron chi connectivity index (χ3n) is 3.44. The number of hydrogen-bond acceptors (Lipinski definition) is 4. The molecule has 0 saturated carbocycles. The molecule has 22 heavy (non-hydrogen) atoms. The van der Waals surface area contributed by atoms with E-state index in [-0.39, 0.29) is 16.8 Å². The van der Waals surface area contributed by atoms with Crippen LogP contribution in [0, 0.1) is 0 Å². The molecule has 1 heterocycles. The summed E-state index contributed by atoms with van der Waals surface area (Å²) in [7, 11) is -3.34. The van der Waals surface area contributed by atoms with Gasteiger partial charge in [0.1, 0.15) is 5.82 Å². The van der Waals surface area contributed by atoms with Gasteiger partial charge < -0.3 is 5.32 Å². The minimum atomic E-state index is -3.34. The van der Waals surface area contributed by atoms with Crippen molar-refractivity contribution in [2.45, 2.75) is 31.2 Å². The van der Waals surface area contributed by atoms with Crippen molar-refractivity contribution in [3.8, 4) is 0 Å². The molecule has 7 heteroatoms. The van der Waals surface area contributed by atoms with E-state index in [1.165, 1.54) is 12.1 Å². The van der Waals surface area contributed by atoms with Crippen molar-refractivity contribution >= 4 is 21.6 Å². The predicted molar refractivity (Wildman–Crippen MR) is 84.7 cm³/mol. The molecule has 0 spiro atoms. The molecule has 1 aromatic carbocycles. The number of hydrogen-bond donors (Lipinski definition) is 1. The maximum Gasteiger partial charge on any atom is 0.256 e. The number of amides is 1.